The van der Waals surface area contributed by atoms with Gasteiger partial charge in [-0.1, -0.05) is 13.3 Å². The van der Waals surface area contributed by atoms with Crippen molar-refractivity contribution in [3.8, 4) is 0 Å². The molecule has 4 heteroatoms. The number of hydrogen-bond donors (Lipinski definition) is 2. The van der Waals surface area contributed by atoms with Gasteiger partial charge in [0, 0.05) is 9.75 Å². The molecule has 0 aliphatic rings. The molecule has 0 spiro atoms. The fourth-order valence-electron chi connectivity index (χ4n) is 1.92. The average Bonchev–Trinajstić information content (AvgIpc) is 2.58. The van der Waals surface area contributed by atoms with Crippen LogP contribution in [0.4, 0.5) is 0 Å². The van der Waals surface area contributed by atoms with Crippen molar-refractivity contribution in [2.45, 2.75) is 52.6 Å². The van der Waals surface area contributed by atoms with Crippen molar-refractivity contribution in [3.63, 3.8) is 0 Å². The predicted octanol–water partition coefficient (Wildman–Crippen LogP) is 2.67. The smallest absolute Gasteiger partial charge is 0.237 e. The van der Waals surface area contributed by atoms with E-state index < -0.39 is 0 Å². The number of hydrogen-bond acceptors (Lipinski definition) is 3. The first-order chi connectivity index (χ1) is 7.95. The number of aryl methyl sites for hydroxylation is 2. The zero-order valence-electron chi connectivity index (χ0n) is 11.0. The van der Waals surface area contributed by atoms with Gasteiger partial charge >= 0.3 is 0 Å². The Morgan fingerprint density at radius 3 is 2.65 bits per heavy atom. The summed E-state index contributed by atoms with van der Waals surface area (Å²) in [7, 11) is 0. The van der Waals surface area contributed by atoms with E-state index in [0.717, 1.165) is 12.8 Å². The van der Waals surface area contributed by atoms with E-state index in [4.69, 9.17) is 5.73 Å². The Bertz CT molecular complexity index is 387. The Morgan fingerprint density at radius 1 is 1.53 bits per heavy atom. The highest BCUT2D eigenvalue weighted by Crippen LogP contribution is 2.26. The van der Waals surface area contributed by atoms with Gasteiger partial charge in [0.25, 0.3) is 0 Å². The van der Waals surface area contributed by atoms with Crippen LogP contribution < -0.4 is 11.1 Å². The van der Waals surface area contributed by atoms with Crippen LogP contribution in [-0.2, 0) is 4.79 Å². The highest BCUT2D eigenvalue weighted by Gasteiger charge is 2.17. The summed E-state index contributed by atoms with van der Waals surface area (Å²) >= 11 is 1.76. The Morgan fingerprint density at radius 2 is 2.18 bits per heavy atom. The van der Waals surface area contributed by atoms with Gasteiger partial charge in [-0.15, -0.1) is 11.3 Å². The Labute approximate surface area is 107 Å². The first kappa shape index (κ1) is 14.2. The molecule has 0 saturated heterocycles. The number of thiophene rings is 1. The van der Waals surface area contributed by atoms with Crippen molar-refractivity contribution in [2.75, 3.05) is 0 Å². The van der Waals surface area contributed by atoms with Gasteiger partial charge in [-0.2, -0.15) is 0 Å². The van der Waals surface area contributed by atoms with Crippen LogP contribution in [0.25, 0.3) is 0 Å². The largest absolute Gasteiger partial charge is 0.348 e. The molecule has 0 aliphatic heterocycles. The fraction of sp³-hybridized carbons (Fsp3) is 0.615. The zero-order chi connectivity index (χ0) is 13.0. The monoisotopic (exact) mass is 254 g/mol. The van der Waals surface area contributed by atoms with E-state index in [-0.39, 0.29) is 18.0 Å². The Kier molecular flexibility index (Phi) is 5.15. The van der Waals surface area contributed by atoms with E-state index in [0.29, 0.717) is 0 Å². The van der Waals surface area contributed by atoms with E-state index in [1.807, 2.05) is 13.8 Å². The molecule has 0 radical (unpaired) electrons. The van der Waals surface area contributed by atoms with Gasteiger partial charge in [0.1, 0.15) is 0 Å². The van der Waals surface area contributed by atoms with Crippen molar-refractivity contribution >= 4 is 17.2 Å². The normalized spacial score (nSPS) is 14.4. The third kappa shape index (κ3) is 3.82. The molecule has 96 valence electrons. The van der Waals surface area contributed by atoms with E-state index in [1.165, 1.54) is 15.3 Å². The quantitative estimate of drug-likeness (QED) is 0.848. The zero-order valence-corrected chi connectivity index (χ0v) is 11.9. The van der Waals surface area contributed by atoms with Gasteiger partial charge in [0.2, 0.25) is 5.91 Å². The minimum absolute atomic E-state index is 0.0374. The lowest BCUT2D eigenvalue weighted by atomic mass is 10.1. The number of rotatable bonds is 5. The van der Waals surface area contributed by atoms with Gasteiger partial charge in [0.05, 0.1) is 12.1 Å². The lowest BCUT2D eigenvalue weighted by Crippen LogP contribution is -2.41. The van der Waals surface area contributed by atoms with Gasteiger partial charge in [-0.3, -0.25) is 4.79 Å². The molecule has 17 heavy (non-hydrogen) atoms. The standard InChI is InChI=1S/C13H22N2OS/c1-5-6-12(14)13(16)15-9(3)11-7-8(2)17-10(11)4/h7,9,12H,5-6,14H2,1-4H3,(H,15,16)/t9?,12-/m1/s1. The molecule has 2 atom stereocenters. The summed E-state index contributed by atoms with van der Waals surface area (Å²) in [5.41, 5.74) is 6.99. The van der Waals surface area contributed by atoms with E-state index in [9.17, 15) is 4.79 Å². The second-order valence-corrected chi connectivity index (χ2v) is 5.95. The predicted molar refractivity (Wildman–Crippen MR) is 73.2 cm³/mol. The second kappa shape index (κ2) is 6.17. The first-order valence-electron chi connectivity index (χ1n) is 6.08. The minimum Gasteiger partial charge on any atom is -0.348 e. The number of carbonyl (C=O) groups excluding carboxylic acids is 1. The van der Waals surface area contributed by atoms with E-state index >= 15 is 0 Å². The van der Waals surface area contributed by atoms with Crippen LogP contribution in [0.2, 0.25) is 0 Å². The molecule has 0 fully saturated rings. The molecule has 0 bridgehead atoms. The van der Waals surface area contributed by atoms with Crippen LogP contribution in [0, 0.1) is 13.8 Å². The lowest BCUT2D eigenvalue weighted by Gasteiger charge is -2.17. The topological polar surface area (TPSA) is 55.1 Å². The molecule has 1 amide bonds. The molecule has 3 nitrogen and oxygen atoms in total. The Balaban J connectivity index is 2.63. The maximum absolute atomic E-state index is 11.8. The van der Waals surface area contributed by atoms with Crippen LogP contribution in [0.1, 0.15) is 48.0 Å². The maximum atomic E-state index is 11.8. The van der Waals surface area contributed by atoms with Crippen LogP contribution in [0.5, 0.6) is 0 Å². The third-order valence-corrected chi connectivity index (χ3v) is 3.82. The summed E-state index contributed by atoms with van der Waals surface area (Å²) in [5, 5.41) is 2.98. The molecule has 0 saturated carbocycles. The summed E-state index contributed by atoms with van der Waals surface area (Å²) in [6, 6.07) is 1.79. The van der Waals surface area contributed by atoms with Gasteiger partial charge in [0.15, 0.2) is 0 Å². The number of nitrogens with one attached hydrogen (secondary N) is 1. The third-order valence-electron chi connectivity index (χ3n) is 2.84. The van der Waals surface area contributed by atoms with Crippen molar-refractivity contribution in [1.82, 2.24) is 5.32 Å². The van der Waals surface area contributed by atoms with E-state index in [2.05, 4.69) is 25.2 Å². The molecule has 1 unspecified atom stereocenters. The first-order valence-corrected chi connectivity index (χ1v) is 6.90. The SMILES string of the molecule is CCC[C@@H](N)C(=O)NC(C)c1cc(C)sc1C. The molecule has 0 aromatic carbocycles. The maximum Gasteiger partial charge on any atom is 0.237 e. The van der Waals surface area contributed by atoms with E-state index in [1.54, 1.807) is 11.3 Å². The van der Waals surface area contributed by atoms with Crippen LogP contribution in [0.3, 0.4) is 0 Å². The van der Waals surface area contributed by atoms with Crippen molar-refractivity contribution < 1.29 is 4.79 Å². The highest BCUT2D eigenvalue weighted by atomic mass is 32.1. The lowest BCUT2D eigenvalue weighted by molar-refractivity contribution is -0.123. The summed E-state index contributed by atoms with van der Waals surface area (Å²) < 4.78 is 0. The number of carbonyl (C=O) groups is 1. The molecular weight excluding hydrogens is 232 g/mol. The number of amides is 1. The Hall–Kier alpha value is -0.870. The average molecular weight is 254 g/mol. The molecule has 0 aliphatic carbocycles. The summed E-state index contributed by atoms with van der Waals surface area (Å²) in [6.07, 6.45) is 1.67. The molecule has 1 aromatic heterocycles. The number of nitrogens with two attached hydrogens (primary N) is 1. The molecule has 1 heterocycles. The fourth-order valence-corrected chi connectivity index (χ4v) is 2.94. The molecule has 3 N–H and O–H groups in total. The van der Waals surface area contributed by atoms with Crippen molar-refractivity contribution in [2.24, 2.45) is 5.73 Å². The van der Waals surface area contributed by atoms with Gasteiger partial charge < -0.3 is 11.1 Å². The van der Waals surface area contributed by atoms with Crippen LogP contribution in [-0.4, -0.2) is 11.9 Å². The summed E-state index contributed by atoms with van der Waals surface area (Å²) in [5.74, 6) is -0.0531. The van der Waals surface area contributed by atoms with Crippen molar-refractivity contribution in [3.05, 3.63) is 21.4 Å². The second-order valence-electron chi connectivity index (χ2n) is 4.49. The summed E-state index contributed by atoms with van der Waals surface area (Å²) in [6.45, 7) is 8.20. The molecular formula is C13H22N2OS. The molecule has 1 rings (SSSR count). The van der Waals surface area contributed by atoms with Crippen LogP contribution >= 0.6 is 11.3 Å². The highest BCUT2D eigenvalue weighted by molar-refractivity contribution is 7.12. The minimum atomic E-state index is -0.387. The van der Waals surface area contributed by atoms with Gasteiger partial charge in [-0.25, -0.2) is 0 Å². The van der Waals surface area contributed by atoms with Gasteiger partial charge in [-0.05, 0) is 38.8 Å². The van der Waals surface area contributed by atoms with Crippen LogP contribution in [0.15, 0.2) is 6.07 Å². The van der Waals surface area contributed by atoms with Crippen molar-refractivity contribution in [1.29, 1.82) is 0 Å². The molecule has 1 aromatic rings. The summed E-state index contributed by atoms with van der Waals surface area (Å²) in [4.78, 5) is 14.3.